The minimum Gasteiger partial charge on any atom is -0.495 e. The molecule has 0 atom stereocenters. The molecule has 4 rings (SSSR count). The average Bonchev–Trinajstić information content (AvgIpc) is 3.22. The lowest BCUT2D eigenvalue weighted by Crippen LogP contribution is -2.23. The number of carbonyl (C=O) groups is 1. The van der Waals surface area contributed by atoms with Crippen LogP contribution < -0.4 is 20.9 Å². The molecule has 2 heterocycles. The molecule has 0 saturated heterocycles. The van der Waals surface area contributed by atoms with Crippen LogP contribution in [0.2, 0.25) is 5.02 Å². The first-order chi connectivity index (χ1) is 16.3. The predicted molar refractivity (Wildman–Crippen MR) is 132 cm³/mol. The highest BCUT2D eigenvalue weighted by atomic mass is 35.5. The number of nitrogens with zero attached hydrogens (tertiary/aromatic N) is 3. The number of methoxy groups -OCH3 is 1. The van der Waals surface area contributed by atoms with Crippen LogP contribution in [-0.2, 0) is 17.8 Å². The van der Waals surface area contributed by atoms with E-state index in [2.05, 4.69) is 25.7 Å². The topological polar surface area (TPSA) is 113 Å². The standard InChI is InChI=1S/C24H25ClN6O3/c1-14-4-6-16(7-5-14)13-26-23-29-24-27-15(2)18(22(33)31(24)30-23)9-11-21(32)28-19-12-17(25)8-10-20(19)34-3/h4-8,10,12H,9,11,13H2,1-3H3,(H,28,32)(H2,26,27,29,30). The number of H-pyrrole nitrogens is 1. The van der Waals surface area contributed by atoms with E-state index in [9.17, 15) is 9.59 Å². The van der Waals surface area contributed by atoms with Crippen LogP contribution in [0.3, 0.4) is 0 Å². The number of nitrogens with one attached hydrogen (secondary N) is 3. The molecule has 3 N–H and O–H groups in total. The van der Waals surface area contributed by atoms with Crippen LogP contribution in [0.4, 0.5) is 11.6 Å². The summed E-state index contributed by atoms with van der Waals surface area (Å²) in [7, 11) is 1.51. The molecule has 0 fully saturated rings. The molecule has 0 radical (unpaired) electrons. The molecular formula is C24H25ClN6O3. The summed E-state index contributed by atoms with van der Waals surface area (Å²) in [5, 5.41) is 9.38. The predicted octanol–water partition coefficient (Wildman–Crippen LogP) is 3.88. The summed E-state index contributed by atoms with van der Waals surface area (Å²) in [6.45, 7) is 4.32. The first kappa shape index (κ1) is 23.3. The van der Waals surface area contributed by atoms with Crippen molar-refractivity contribution in [3.8, 4) is 5.75 Å². The van der Waals surface area contributed by atoms with E-state index in [-0.39, 0.29) is 30.1 Å². The molecule has 0 aliphatic heterocycles. The summed E-state index contributed by atoms with van der Waals surface area (Å²) in [5.74, 6) is 0.938. The Morgan fingerprint density at radius 2 is 1.91 bits per heavy atom. The Bertz CT molecular complexity index is 1390. The Kier molecular flexibility index (Phi) is 6.83. The highest BCUT2D eigenvalue weighted by molar-refractivity contribution is 6.31. The van der Waals surface area contributed by atoms with Crippen molar-refractivity contribution in [2.24, 2.45) is 0 Å². The third kappa shape index (κ3) is 5.20. The van der Waals surface area contributed by atoms with E-state index < -0.39 is 0 Å². The minimum atomic E-state index is -0.286. The highest BCUT2D eigenvalue weighted by Gasteiger charge is 2.15. The lowest BCUT2D eigenvalue weighted by Gasteiger charge is -2.11. The zero-order valence-electron chi connectivity index (χ0n) is 19.1. The lowest BCUT2D eigenvalue weighted by molar-refractivity contribution is -0.116. The van der Waals surface area contributed by atoms with Crippen LogP contribution >= 0.6 is 11.6 Å². The summed E-state index contributed by atoms with van der Waals surface area (Å²) >= 11 is 6.02. The van der Waals surface area contributed by atoms with Crippen LogP contribution in [0.5, 0.6) is 5.75 Å². The quantitative estimate of drug-likeness (QED) is 0.352. The van der Waals surface area contributed by atoms with Gasteiger partial charge in [-0.1, -0.05) is 41.4 Å². The van der Waals surface area contributed by atoms with E-state index in [1.807, 2.05) is 31.2 Å². The van der Waals surface area contributed by atoms with Crippen molar-refractivity contribution in [1.82, 2.24) is 19.6 Å². The van der Waals surface area contributed by atoms with E-state index in [4.69, 9.17) is 16.3 Å². The molecule has 176 valence electrons. The fourth-order valence-electron chi connectivity index (χ4n) is 3.54. The van der Waals surface area contributed by atoms with Gasteiger partial charge >= 0.3 is 0 Å². The van der Waals surface area contributed by atoms with E-state index in [1.165, 1.54) is 17.2 Å². The van der Waals surface area contributed by atoms with Gasteiger partial charge in [-0.05, 0) is 44.0 Å². The molecule has 0 unspecified atom stereocenters. The van der Waals surface area contributed by atoms with Crippen molar-refractivity contribution in [2.75, 3.05) is 17.7 Å². The normalized spacial score (nSPS) is 10.9. The van der Waals surface area contributed by atoms with Gasteiger partial charge in [0.1, 0.15) is 5.75 Å². The van der Waals surface area contributed by atoms with Crippen molar-refractivity contribution < 1.29 is 9.53 Å². The number of carbonyl (C=O) groups excluding carboxylic acids is 1. The molecule has 0 saturated carbocycles. The van der Waals surface area contributed by atoms with Crippen molar-refractivity contribution in [1.29, 1.82) is 0 Å². The molecule has 2 aromatic carbocycles. The Morgan fingerprint density at radius 1 is 1.15 bits per heavy atom. The number of amides is 1. The maximum absolute atomic E-state index is 13.0. The molecule has 2 aromatic heterocycles. The maximum Gasteiger partial charge on any atom is 0.277 e. The molecule has 4 aromatic rings. The van der Waals surface area contributed by atoms with Gasteiger partial charge in [-0.3, -0.25) is 14.7 Å². The first-order valence-electron chi connectivity index (χ1n) is 10.7. The van der Waals surface area contributed by atoms with Crippen molar-refractivity contribution in [2.45, 2.75) is 33.2 Å². The van der Waals surface area contributed by atoms with E-state index in [0.717, 1.165) is 5.56 Å². The zero-order chi connectivity index (χ0) is 24.2. The summed E-state index contributed by atoms with van der Waals surface area (Å²) in [5.41, 5.74) is 3.44. The third-order valence-electron chi connectivity index (χ3n) is 5.41. The van der Waals surface area contributed by atoms with Gasteiger partial charge in [-0.2, -0.15) is 9.50 Å². The number of fused-ring (bicyclic) bond motifs is 1. The molecule has 0 bridgehead atoms. The fraction of sp³-hybridized carbons (Fsp3) is 0.250. The molecule has 9 nitrogen and oxygen atoms in total. The Balaban J connectivity index is 1.46. The lowest BCUT2D eigenvalue weighted by atomic mass is 10.1. The van der Waals surface area contributed by atoms with E-state index in [1.54, 1.807) is 25.1 Å². The van der Waals surface area contributed by atoms with Crippen molar-refractivity contribution in [3.63, 3.8) is 0 Å². The Hall–Kier alpha value is -3.85. The number of anilines is 2. The molecule has 0 spiro atoms. The number of benzene rings is 2. The molecule has 10 heteroatoms. The van der Waals surface area contributed by atoms with Gasteiger partial charge in [-0.25, -0.2) is 4.98 Å². The van der Waals surface area contributed by atoms with Gasteiger partial charge in [0.15, 0.2) is 0 Å². The van der Waals surface area contributed by atoms with Crippen molar-refractivity contribution >= 4 is 34.9 Å². The van der Waals surface area contributed by atoms with Crippen LogP contribution in [0, 0.1) is 13.8 Å². The van der Waals surface area contributed by atoms with Gasteiger partial charge in [-0.15, -0.1) is 0 Å². The Morgan fingerprint density at radius 3 is 2.65 bits per heavy atom. The maximum atomic E-state index is 13.0. The molecular weight excluding hydrogens is 456 g/mol. The average molecular weight is 481 g/mol. The van der Waals surface area contributed by atoms with Gasteiger partial charge in [0, 0.05) is 23.6 Å². The summed E-state index contributed by atoms with van der Waals surface area (Å²) in [6.07, 6.45) is 0.312. The summed E-state index contributed by atoms with van der Waals surface area (Å²) < 4.78 is 6.54. The van der Waals surface area contributed by atoms with Gasteiger partial charge < -0.3 is 15.4 Å². The summed E-state index contributed by atoms with van der Waals surface area (Å²) in [4.78, 5) is 34.4. The van der Waals surface area contributed by atoms with Crippen LogP contribution in [0.25, 0.3) is 5.78 Å². The smallest absolute Gasteiger partial charge is 0.277 e. The second kappa shape index (κ2) is 9.96. The van der Waals surface area contributed by atoms with Crippen LogP contribution in [-0.4, -0.2) is 32.6 Å². The first-order valence-corrected chi connectivity index (χ1v) is 11.1. The number of rotatable bonds is 8. The second-order valence-electron chi connectivity index (χ2n) is 7.92. The second-order valence-corrected chi connectivity index (χ2v) is 8.36. The SMILES string of the molecule is COc1ccc(Cl)cc1NC(=O)CCc1c(C)nc2nc(NCc3ccc(C)cc3)[nH]n2c1=O. The van der Waals surface area contributed by atoms with E-state index in [0.29, 0.717) is 40.2 Å². The number of halogens is 1. The zero-order valence-corrected chi connectivity index (χ0v) is 19.9. The van der Waals surface area contributed by atoms with Crippen LogP contribution in [0.1, 0.15) is 28.8 Å². The summed E-state index contributed by atoms with van der Waals surface area (Å²) in [6, 6.07) is 13.1. The highest BCUT2D eigenvalue weighted by Crippen LogP contribution is 2.27. The number of aromatic amines is 1. The van der Waals surface area contributed by atoms with Gasteiger partial charge in [0.25, 0.3) is 11.3 Å². The minimum absolute atomic E-state index is 0.0894. The van der Waals surface area contributed by atoms with Crippen molar-refractivity contribution in [3.05, 3.63) is 80.2 Å². The number of ether oxygens (including phenoxy) is 1. The van der Waals surface area contributed by atoms with Gasteiger partial charge in [0.05, 0.1) is 18.5 Å². The number of aromatic nitrogens is 4. The Labute approximate surface area is 201 Å². The number of aryl methyl sites for hydroxylation is 2. The monoisotopic (exact) mass is 480 g/mol. The largest absolute Gasteiger partial charge is 0.495 e. The number of hydrogen-bond donors (Lipinski definition) is 3. The molecule has 0 aliphatic carbocycles. The molecule has 0 aliphatic rings. The van der Waals surface area contributed by atoms with Gasteiger partial charge in [0.2, 0.25) is 11.9 Å². The van der Waals surface area contributed by atoms with E-state index >= 15 is 0 Å². The third-order valence-corrected chi connectivity index (χ3v) is 5.65. The molecule has 34 heavy (non-hydrogen) atoms. The molecule has 1 amide bonds. The fourth-order valence-corrected chi connectivity index (χ4v) is 3.71. The number of hydrogen-bond acceptors (Lipinski definition) is 6. The van der Waals surface area contributed by atoms with Crippen LogP contribution in [0.15, 0.2) is 47.3 Å².